The largest absolute Gasteiger partial charge is 0.481 e. The molecule has 20 nitrogen and oxygen atoms in total. The number of phosphoric acid groups is 2. The van der Waals surface area contributed by atoms with Crippen molar-refractivity contribution < 1.29 is 67.3 Å². The molecule has 11 atom stereocenters. The number of aromatic nitrogens is 4. The van der Waals surface area contributed by atoms with Crippen LogP contribution in [0.25, 0.3) is 11.2 Å². The average Bonchev–Trinajstić information content (AvgIpc) is 3.39. The van der Waals surface area contributed by atoms with Crippen molar-refractivity contribution in [1.29, 1.82) is 0 Å². The fourth-order valence-corrected chi connectivity index (χ4v) is 6.32. The number of hydrogen-bond donors (Lipinski definition) is 9. The van der Waals surface area contributed by atoms with Gasteiger partial charge >= 0.3 is 15.6 Å². The molecule has 0 saturated carbocycles. The summed E-state index contributed by atoms with van der Waals surface area (Å²) in [7, 11) is -10.5. The maximum Gasteiger partial charge on any atom is 0.481 e. The van der Waals surface area contributed by atoms with Crippen LogP contribution in [0.2, 0.25) is 0 Å². The number of phosphoric ester groups is 2. The van der Waals surface area contributed by atoms with Crippen molar-refractivity contribution in [3.63, 3.8) is 0 Å². The van der Waals surface area contributed by atoms with Gasteiger partial charge in [0, 0.05) is 6.42 Å². The molecular formula is C18H29N5O15P2. The minimum absolute atomic E-state index is 0.0834. The van der Waals surface area contributed by atoms with Gasteiger partial charge in [0.05, 0.1) is 31.7 Å². The van der Waals surface area contributed by atoms with E-state index in [4.69, 9.17) is 15.2 Å². The molecule has 40 heavy (non-hydrogen) atoms. The number of fused-ring (bicyclic) bond motifs is 1. The fraction of sp³-hybridized carbons (Fsp3) is 0.722. The first kappa shape index (κ1) is 31.1. The van der Waals surface area contributed by atoms with Crippen LogP contribution in [-0.4, -0.2) is 117 Å². The molecule has 0 amide bonds. The lowest BCUT2D eigenvalue weighted by atomic mass is 9.94. The Morgan fingerprint density at radius 3 is 2.35 bits per heavy atom. The lowest BCUT2D eigenvalue weighted by molar-refractivity contribution is -0.219. The van der Waals surface area contributed by atoms with Crippen molar-refractivity contribution in [2.75, 3.05) is 18.9 Å². The molecule has 2 aromatic heterocycles. The number of H-pyrrole nitrogens is 1. The molecule has 2 fully saturated rings. The molecular weight excluding hydrogens is 588 g/mol. The summed E-state index contributed by atoms with van der Waals surface area (Å²) in [5, 5.41) is 50.3. The number of nitrogens with two attached hydrogens (primary N) is 1. The number of aliphatic hydroxyl groups is 5. The predicted molar refractivity (Wildman–Crippen MR) is 128 cm³/mol. The summed E-state index contributed by atoms with van der Waals surface area (Å²) in [6, 6.07) is 0. The van der Waals surface area contributed by atoms with E-state index in [-0.39, 0.29) is 23.5 Å². The van der Waals surface area contributed by atoms with E-state index in [2.05, 4.69) is 28.3 Å². The van der Waals surface area contributed by atoms with E-state index >= 15 is 0 Å². The second-order valence-corrected chi connectivity index (χ2v) is 12.2. The van der Waals surface area contributed by atoms with Gasteiger partial charge in [0.1, 0.15) is 36.6 Å². The number of anilines is 1. The molecule has 0 aromatic carbocycles. The quantitative estimate of drug-likeness (QED) is 0.119. The maximum absolute atomic E-state index is 12.3. The van der Waals surface area contributed by atoms with Gasteiger partial charge in [-0.05, 0) is 6.92 Å². The fourth-order valence-electron chi connectivity index (χ4n) is 4.23. The third-order valence-electron chi connectivity index (χ3n) is 6.28. The van der Waals surface area contributed by atoms with Gasteiger partial charge in [-0.25, -0.2) is 14.1 Å². The number of aliphatic hydroxyl groups excluding tert-OH is 5. The Kier molecular flexibility index (Phi) is 9.16. The lowest BCUT2D eigenvalue weighted by Crippen LogP contribution is -2.56. The Labute approximate surface area is 224 Å². The monoisotopic (exact) mass is 617 g/mol. The molecule has 2 aromatic rings. The van der Waals surface area contributed by atoms with Crippen LogP contribution in [0.4, 0.5) is 5.95 Å². The first-order valence-electron chi connectivity index (χ1n) is 11.7. The number of nitrogens with one attached hydrogen (secondary N) is 1. The number of imidazole rings is 1. The Bertz CT molecular complexity index is 1360. The molecule has 0 bridgehead atoms. The van der Waals surface area contributed by atoms with E-state index in [1.54, 1.807) is 0 Å². The van der Waals surface area contributed by atoms with Crippen molar-refractivity contribution >= 4 is 32.8 Å². The minimum atomic E-state index is -5.32. The van der Waals surface area contributed by atoms with E-state index in [1.165, 1.54) is 6.92 Å². The molecule has 0 radical (unpaired) electrons. The van der Waals surface area contributed by atoms with E-state index in [9.17, 15) is 49.2 Å². The van der Waals surface area contributed by atoms with Crippen LogP contribution in [0.1, 0.15) is 19.6 Å². The molecule has 10 N–H and O–H groups in total. The van der Waals surface area contributed by atoms with Crippen LogP contribution >= 0.6 is 15.6 Å². The summed E-state index contributed by atoms with van der Waals surface area (Å²) < 4.78 is 49.8. The Morgan fingerprint density at radius 1 is 1.00 bits per heavy atom. The van der Waals surface area contributed by atoms with Gasteiger partial charge in [-0.3, -0.25) is 23.4 Å². The van der Waals surface area contributed by atoms with Crippen molar-refractivity contribution in [2.45, 2.75) is 68.4 Å². The van der Waals surface area contributed by atoms with E-state index in [1.807, 2.05) is 0 Å². The predicted octanol–water partition coefficient (Wildman–Crippen LogP) is -3.17. The highest BCUT2D eigenvalue weighted by molar-refractivity contribution is 7.61. The van der Waals surface area contributed by atoms with Gasteiger partial charge in [-0.15, -0.1) is 0 Å². The molecule has 22 heteroatoms. The van der Waals surface area contributed by atoms with Gasteiger partial charge in [0.15, 0.2) is 17.4 Å². The van der Waals surface area contributed by atoms with Crippen LogP contribution in [0.15, 0.2) is 11.1 Å². The van der Waals surface area contributed by atoms with E-state index in [0.29, 0.717) is 0 Å². The third kappa shape index (κ3) is 6.61. The lowest BCUT2D eigenvalue weighted by Gasteiger charge is -2.39. The van der Waals surface area contributed by atoms with Crippen molar-refractivity contribution in [3.8, 4) is 0 Å². The first-order chi connectivity index (χ1) is 18.6. The molecule has 4 heterocycles. The first-order valence-corrected chi connectivity index (χ1v) is 14.7. The summed E-state index contributed by atoms with van der Waals surface area (Å²) >= 11 is 0. The van der Waals surface area contributed by atoms with Gasteiger partial charge in [-0.1, -0.05) is 0 Å². The molecule has 7 unspecified atom stereocenters. The number of nitrogen functional groups attached to an aromatic ring is 1. The molecule has 2 aliphatic rings. The molecule has 2 saturated heterocycles. The molecule has 0 aliphatic carbocycles. The summed E-state index contributed by atoms with van der Waals surface area (Å²) in [5.41, 5.74) is 4.64. The third-order valence-corrected chi connectivity index (χ3v) is 8.91. The van der Waals surface area contributed by atoms with Crippen LogP contribution < -0.4 is 11.3 Å². The van der Waals surface area contributed by atoms with Gasteiger partial charge in [0.25, 0.3) is 5.56 Å². The number of nitrogens with zero attached hydrogens (tertiary/aromatic N) is 3. The number of rotatable bonds is 10. The van der Waals surface area contributed by atoms with Gasteiger partial charge in [0.2, 0.25) is 5.95 Å². The summed E-state index contributed by atoms with van der Waals surface area (Å²) in [6.07, 6.45) is -11.7. The van der Waals surface area contributed by atoms with E-state index in [0.717, 1.165) is 10.9 Å². The Balaban J connectivity index is 1.31. The maximum atomic E-state index is 12.3. The highest BCUT2D eigenvalue weighted by Gasteiger charge is 2.46. The smallest absolute Gasteiger partial charge is 0.388 e. The van der Waals surface area contributed by atoms with Crippen LogP contribution in [0, 0.1) is 0 Å². The SMILES string of the molecule is CC1O[C@@H](CCOP(=O)(O)OP(=O)(O)OC[C@H]2O[C@@H](n3cnc4c(=O)[nH]c(N)nc43)C(O)C2O)C(O)C(O)[C@@H]1O. The normalized spacial score (nSPS) is 36.0. The molecule has 226 valence electrons. The molecule has 2 aliphatic heterocycles. The van der Waals surface area contributed by atoms with Crippen LogP contribution in [0.3, 0.4) is 0 Å². The van der Waals surface area contributed by atoms with Crippen molar-refractivity contribution in [1.82, 2.24) is 19.5 Å². The van der Waals surface area contributed by atoms with Gasteiger partial charge < -0.3 is 50.5 Å². The van der Waals surface area contributed by atoms with E-state index < -0.39 is 89.5 Å². The topological polar surface area (TPSA) is 311 Å². The zero-order valence-corrected chi connectivity index (χ0v) is 22.4. The summed E-state index contributed by atoms with van der Waals surface area (Å²) in [4.78, 5) is 41.7. The highest BCUT2D eigenvalue weighted by Crippen LogP contribution is 2.60. The second-order valence-electron chi connectivity index (χ2n) is 9.11. The Hall–Kier alpha value is -1.87. The molecule has 4 rings (SSSR count). The van der Waals surface area contributed by atoms with Crippen LogP contribution in [-0.2, 0) is 32.0 Å². The van der Waals surface area contributed by atoms with Crippen molar-refractivity contribution in [2.24, 2.45) is 0 Å². The summed E-state index contributed by atoms with van der Waals surface area (Å²) in [5.74, 6) is -0.255. The molecule has 0 spiro atoms. The standard InChI is InChI=1S/C18H29N5O15P2/c1-6-10(24)13(27)11(25)7(36-6)2-3-34-39(30,31)38-40(32,33)35-4-8-12(26)14(28)17(37-8)23-5-20-9-15(23)21-18(19)22-16(9)29/h5-8,10-14,17,24-28H,2-4H2,1H3,(H,30,31)(H,32,33)(H3,19,21,22,29)/t6?,7-,8+,10+,11?,12?,13?,14?,17+/m0/s1. The highest BCUT2D eigenvalue weighted by atomic mass is 31.3. The number of aromatic amines is 1. The minimum Gasteiger partial charge on any atom is -0.388 e. The van der Waals surface area contributed by atoms with Crippen LogP contribution in [0.5, 0.6) is 0 Å². The average molecular weight is 617 g/mol. The second kappa shape index (κ2) is 11.8. The van der Waals surface area contributed by atoms with Gasteiger partial charge in [-0.2, -0.15) is 9.29 Å². The summed E-state index contributed by atoms with van der Waals surface area (Å²) in [6.45, 7) is -0.111. The Morgan fingerprint density at radius 2 is 1.65 bits per heavy atom. The number of hydrogen-bond acceptors (Lipinski definition) is 16. The van der Waals surface area contributed by atoms with Crippen molar-refractivity contribution in [3.05, 3.63) is 16.7 Å². The zero-order chi connectivity index (χ0) is 29.6. The zero-order valence-electron chi connectivity index (χ0n) is 20.6. The number of ether oxygens (including phenoxy) is 2.